The van der Waals surface area contributed by atoms with Crippen LogP contribution in [0.4, 0.5) is 0 Å². The first-order valence-electron chi connectivity index (χ1n) is 7.14. The summed E-state index contributed by atoms with van der Waals surface area (Å²) in [6, 6.07) is 7.91. The van der Waals surface area contributed by atoms with Crippen molar-refractivity contribution >= 4 is 17.8 Å². The van der Waals surface area contributed by atoms with Crippen molar-refractivity contribution in [1.82, 2.24) is 10.3 Å². The number of nitrogens with zero attached hydrogens (tertiary/aromatic N) is 2. The average Bonchev–Trinajstić information content (AvgIpc) is 2.85. The van der Waals surface area contributed by atoms with Crippen LogP contribution >= 0.6 is 0 Å². The molecule has 22 heavy (non-hydrogen) atoms. The highest BCUT2D eigenvalue weighted by molar-refractivity contribution is 6.19. The number of aliphatic imine (C=N–C) groups is 1. The summed E-state index contributed by atoms with van der Waals surface area (Å²) in [5.41, 5.74) is 5.77. The van der Waals surface area contributed by atoms with Gasteiger partial charge in [-0.3, -0.25) is 9.78 Å². The van der Waals surface area contributed by atoms with Crippen molar-refractivity contribution in [2.24, 2.45) is 4.99 Å². The summed E-state index contributed by atoms with van der Waals surface area (Å²) >= 11 is 0. The van der Waals surface area contributed by atoms with E-state index in [0.29, 0.717) is 11.5 Å². The predicted octanol–water partition coefficient (Wildman–Crippen LogP) is 2.92. The van der Waals surface area contributed by atoms with Gasteiger partial charge in [0.15, 0.2) is 0 Å². The van der Waals surface area contributed by atoms with Crippen LogP contribution in [0.1, 0.15) is 27.8 Å². The standard InChI is InChI=1S/C18H17N3O/c1-11-7-12(2)15(13(3)8-11)9-16-18(22)21-17(20-16)14-5-4-6-19-10-14/h4-10H,1-3H3,(H,20,21,22)/b16-9-. The van der Waals surface area contributed by atoms with Gasteiger partial charge in [0.2, 0.25) is 0 Å². The molecule has 0 radical (unpaired) electrons. The molecule has 1 aromatic carbocycles. The molecule has 1 aliphatic rings. The molecule has 0 spiro atoms. The monoisotopic (exact) mass is 291 g/mol. The predicted molar refractivity (Wildman–Crippen MR) is 87.5 cm³/mol. The van der Waals surface area contributed by atoms with Crippen LogP contribution in [-0.4, -0.2) is 16.7 Å². The van der Waals surface area contributed by atoms with Crippen molar-refractivity contribution in [3.8, 4) is 0 Å². The summed E-state index contributed by atoms with van der Waals surface area (Å²) in [4.78, 5) is 20.6. The summed E-state index contributed by atoms with van der Waals surface area (Å²) in [7, 11) is 0. The molecule has 0 bridgehead atoms. The number of amidine groups is 1. The molecule has 0 fully saturated rings. The summed E-state index contributed by atoms with van der Waals surface area (Å²) in [5.74, 6) is 0.366. The molecular formula is C18H17N3O. The Labute approximate surface area is 129 Å². The van der Waals surface area contributed by atoms with Gasteiger partial charge in [0, 0.05) is 18.0 Å². The van der Waals surface area contributed by atoms with Crippen LogP contribution < -0.4 is 5.32 Å². The number of hydrogen-bond acceptors (Lipinski definition) is 3. The molecule has 4 nitrogen and oxygen atoms in total. The van der Waals surface area contributed by atoms with Gasteiger partial charge in [-0.25, -0.2) is 4.99 Å². The second kappa shape index (κ2) is 5.56. The lowest BCUT2D eigenvalue weighted by atomic mass is 9.99. The molecule has 0 aliphatic carbocycles. The van der Waals surface area contributed by atoms with E-state index in [-0.39, 0.29) is 5.91 Å². The summed E-state index contributed by atoms with van der Waals surface area (Å²) in [6.45, 7) is 6.16. The molecule has 1 aliphatic heterocycles. The Morgan fingerprint density at radius 3 is 2.50 bits per heavy atom. The van der Waals surface area contributed by atoms with E-state index >= 15 is 0 Å². The van der Waals surface area contributed by atoms with Crippen LogP contribution in [0.25, 0.3) is 6.08 Å². The summed E-state index contributed by atoms with van der Waals surface area (Å²) in [5, 5.41) is 2.79. The molecule has 2 heterocycles. The van der Waals surface area contributed by atoms with Crippen molar-refractivity contribution in [3.05, 3.63) is 70.2 Å². The number of hydrogen-bond donors (Lipinski definition) is 1. The van der Waals surface area contributed by atoms with Gasteiger partial charge in [-0.1, -0.05) is 17.7 Å². The third-order valence-corrected chi connectivity index (χ3v) is 3.65. The smallest absolute Gasteiger partial charge is 0.275 e. The number of aromatic nitrogens is 1. The van der Waals surface area contributed by atoms with Crippen LogP contribution in [-0.2, 0) is 4.79 Å². The van der Waals surface area contributed by atoms with E-state index in [2.05, 4.69) is 34.3 Å². The number of amides is 1. The van der Waals surface area contributed by atoms with Gasteiger partial charge in [-0.2, -0.15) is 0 Å². The van der Waals surface area contributed by atoms with Gasteiger partial charge in [0.05, 0.1) is 0 Å². The van der Waals surface area contributed by atoms with Gasteiger partial charge >= 0.3 is 0 Å². The lowest BCUT2D eigenvalue weighted by molar-refractivity contribution is -0.115. The molecule has 0 unspecified atom stereocenters. The highest BCUT2D eigenvalue weighted by Gasteiger charge is 2.21. The first kappa shape index (κ1) is 14.2. The molecule has 3 rings (SSSR count). The number of nitrogens with one attached hydrogen (secondary N) is 1. The minimum absolute atomic E-state index is 0.182. The second-order valence-corrected chi connectivity index (χ2v) is 5.50. The highest BCUT2D eigenvalue weighted by Crippen LogP contribution is 2.21. The third-order valence-electron chi connectivity index (χ3n) is 3.65. The Morgan fingerprint density at radius 2 is 1.86 bits per heavy atom. The molecule has 4 heteroatoms. The van der Waals surface area contributed by atoms with Gasteiger partial charge in [-0.05, 0) is 55.7 Å². The fourth-order valence-electron chi connectivity index (χ4n) is 2.66. The first-order chi connectivity index (χ1) is 10.5. The van der Waals surface area contributed by atoms with E-state index in [1.165, 1.54) is 5.56 Å². The maximum atomic E-state index is 12.1. The van der Waals surface area contributed by atoms with Crippen molar-refractivity contribution in [2.45, 2.75) is 20.8 Å². The van der Waals surface area contributed by atoms with Crippen molar-refractivity contribution < 1.29 is 4.79 Å². The number of carbonyl (C=O) groups is 1. The second-order valence-electron chi connectivity index (χ2n) is 5.50. The van der Waals surface area contributed by atoms with E-state index in [4.69, 9.17) is 0 Å². The average molecular weight is 291 g/mol. The maximum Gasteiger partial charge on any atom is 0.275 e. The normalized spacial score (nSPS) is 15.9. The Hall–Kier alpha value is -2.75. The molecule has 0 saturated carbocycles. The molecule has 2 aromatic rings. The molecule has 1 amide bonds. The van der Waals surface area contributed by atoms with Crippen LogP contribution in [0, 0.1) is 20.8 Å². The van der Waals surface area contributed by atoms with Crippen LogP contribution in [0.5, 0.6) is 0 Å². The van der Waals surface area contributed by atoms with E-state index in [1.54, 1.807) is 12.4 Å². The SMILES string of the molecule is Cc1cc(C)c(/C=C2\N=C(c3cccnc3)NC2=O)c(C)c1. The third kappa shape index (κ3) is 2.68. The fraction of sp³-hybridized carbons (Fsp3) is 0.167. The van der Waals surface area contributed by atoms with Gasteiger partial charge in [0.1, 0.15) is 11.5 Å². The summed E-state index contributed by atoms with van der Waals surface area (Å²) in [6.07, 6.45) is 5.23. The topological polar surface area (TPSA) is 54.4 Å². The number of carbonyl (C=O) groups excluding carboxylic acids is 1. The van der Waals surface area contributed by atoms with E-state index in [0.717, 1.165) is 22.3 Å². The maximum absolute atomic E-state index is 12.1. The Balaban J connectivity index is 2.02. The lowest BCUT2D eigenvalue weighted by Gasteiger charge is -2.07. The van der Waals surface area contributed by atoms with Crippen molar-refractivity contribution in [3.63, 3.8) is 0 Å². The zero-order valence-corrected chi connectivity index (χ0v) is 12.8. The van der Waals surface area contributed by atoms with Crippen LogP contribution in [0.3, 0.4) is 0 Å². The van der Waals surface area contributed by atoms with E-state index in [9.17, 15) is 4.79 Å². The molecular weight excluding hydrogens is 274 g/mol. The van der Waals surface area contributed by atoms with Gasteiger partial charge in [-0.15, -0.1) is 0 Å². The summed E-state index contributed by atoms with van der Waals surface area (Å²) < 4.78 is 0. The number of benzene rings is 1. The Bertz CT molecular complexity index is 781. The zero-order valence-electron chi connectivity index (χ0n) is 12.8. The van der Waals surface area contributed by atoms with E-state index in [1.807, 2.05) is 32.1 Å². The first-order valence-corrected chi connectivity index (χ1v) is 7.14. The molecule has 1 aromatic heterocycles. The van der Waals surface area contributed by atoms with Crippen LogP contribution in [0.2, 0.25) is 0 Å². The molecule has 110 valence electrons. The van der Waals surface area contributed by atoms with Crippen LogP contribution in [0.15, 0.2) is 47.3 Å². The minimum atomic E-state index is -0.182. The highest BCUT2D eigenvalue weighted by atomic mass is 16.2. The zero-order chi connectivity index (χ0) is 15.7. The molecule has 0 atom stereocenters. The number of aryl methyl sites for hydroxylation is 3. The van der Waals surface area contributed by atoms with Crippen molar-refractivity contribution in [2.75, 3.05) is 0 Å². The van der Waals surface area contributed by atoms with E-state index < -0.39 is 0 Å². The molecule has 1 N–H and O–H groups in total. The minimum Gasteiger partial charge on any atom is -0.305 e. The fourth-order valence-corrected chi connectivity index (χ4v) is 2.66. The largest absolute Gasteiger partial charge is 0.305 e. The van der Waals surface area contributed by atoms with Gasteiger partial charge in [0.25, 0.3) is 5.91 Å². The Kier molecular flexibility index (Phi) is 3.59. The van der Waals surface area contributed by atoms with Gasteiger partial charge < -0.3 is 5.32 Å². The molecule has 0 saturated heterocycles. The quantitative estimate of drug-likeness (QED) is 0.865. The number of rotatable bonds is 2. The van der Waals surface area contributed by atoms with Crippen molar-refractivity contribution in [1.29, 1.82) is 0 Å². The lowest BCUT2D eigenvalue weighted by Crippen LogP contribution is -2.24. The Morgan fingerprint density at radius 1 is 1.14 bits per heavy atom. The number of pyridine rings is 1.